The largest absolute Gasteiger partial charge is 0.339 e. The molecular formula is C18H24N4. The minimum Gasteiger partial charge on any atom is -0.339 e. The van der Waals surface area contributed by atoms with Gasteiger partial charge in [0.05, 0.1) is 6.17 Å². The van der Waals surface area contributed by atoms with Gasteiger partial charge in [-0.25, -0.2) is 4.98 Å². The van der Waals surface area contributed by atoms with Crippen molar-refractivity contribution in [3.05, 3.63) is 41.1 Å². The van der Waals surface area contributed by atoms with Crippen LogP contribution in [0.1, 0.15) is 50.7 Å². The molecule has 1 aromatic carbocycles. The second-order valence-corrected chi connectivity index (χ2v) is 6.95. The Labute approximate surface area is 131 Å². The lowest BCUT2D eigenvalue weighted by Gasteiger charge is -2.29. The Morgan fingerprint density at radius 1 is 1.14 bits per heavy atom. The van der Waals surface area contributed by atoms with Gasteiger partial charge in [-0.15, -0.1) is 0 Å². The molecule has 5 N–H and O–H groups in total. The third-order valence-corrected chi connectivity index (χ3v) is 4.20. The summed E-state index contributed by atoms with van der Waals surface area (Å²) in [4.78, 5) is 4.78. The molecule has 0 amide bonds. The van der Waals surface area contributed by atoms with E-state index in [1.54, 1.807) is 0 Å². The molecule has 0 unspecified atom stereocenters. The molecule has 2 bridgehead atoms. The lowest BCUT2D eigenvalue weighted by atomic mass is 9.86. The van der Waals surface area contributed by atoms with Gasteiger partial charge in [0.15, 0.2) is 0 Å². The number of benzene rings is 1. The molecule has 0 aliphatic carbocycles. The highest BCUT2D eigenvalue weighted by Gasteiger charge is 2.27. The first-order valence-corrected chi connectivity index (χ1v) is 7.78. The number of hydrogen-bond acceptors (Lipinski definition) is 4. The van der Waals surface area contributed by atoms with Crippen LogP contribution in [0.3, 0.4) is 0 Å². The first-order chi connectivity index (χ1) is 10.3. The van der Waals surface area contributed by atoms with Crippen molar-refractivity contribution in [2.45, 2.75) is 45.7 Å². The van der Waals surface area contributed by atoms with E-state index < -0.39 is 6.17 Å². The Bertz CT molecular complexity index is 727. The molecule has 1 aliphatic heterocycles. The lowest BCUT2D eigenvalue weighted by molar-refractivity contribution is 0.568. The fraction of sp³-hybridized carbons (Fsp3) is 0.389. The average Bonchev–Trinajstić information content (AvgIpc) is 2.44. The van der Waals surface area contributed by atoms with E-state index in [2.05, 4.69) is 57.3 Å². The van der Waals surface area contributed by atoms with Crippen LogP contribution in [-0.2, 0) is 11.8 Å². The van der Waals surface area contributed by atoms with Crippen LogP contribution in [-0.4, -0.2) is 4.98 Å². The van der Waals surface area contributed by atoms with Gasteiger partial charge in [-0.3, -0.25) is 0 Å². The van der Waals surface area contributed by atoms with Gasteiger partial charge >= 0.3 is 0 Å². The van der Waals surface area contributed by atoms with Crippen LogP contribution in [0, 0.1) is 0 Å². The summed E-state index contributed by atoms with van der Waals surface area (Å²) in [5.41, 5.74) is 18.5. The molecule has 0 atom stereocenters. The van der Waals surface area contributed by atoms with Crippen molar-refractivity contribution in [1.29, 1.82) is 0 Å². The maximum Gasteiger partial charge on any atom is 0.137 e. The molecule has 4 heteroatoms. The van der Waals surface area contributed by atoms with E-state index in [9.17, 15) is 0 Å². The zero-order chi connectivity index (χ0) is 16.1. The summed E-state index contributed by atoms with van der Waals surface area (Å²) >= 11 is 0. The van der Waals surface area contributed by atoms with Gasteiger partial charge in [-0.05, 0) is 29.7 Å². The predicted octanol–water partition coefficient (Wildman–Crippen LogP) is 3.58. The fourth-order valence-corrected chi connectivity index (χ4v) is 2.87. The summed E-state index contributed by atoms with van der Waals surface area (Å²) in [6.45, 7) is 8.63. The number of anilines is 2. The third kappa shape index (κ3) is 2.38. The summed E-state index contributed by atoms with van der Waals surface area (Å²) in [7, 11) is 0. The van der Waals surface area contributed by atoms with E-state index >= 15 is 0 Å². The van der Waals surface area contributed by atoms with Crippen molar-refractivity contribution >= 4 is 11.5 Å². The van der Waals surface area contributed by atoms with Crippen LogP contribution < -0.4 is 16.8 Å². The smallest absolute Gasteiger partial charge is 0.137 e. The zero-order valence-corrected chi connectivity index (χ0v) is 13.7. The number of nitrogens with one attached hydrogen (secondary N) is 1. The normalized spacial score (nSPS) is 13.0. The van der Waals surface area contributed by atoms with E-state index in [4.69, 9.17) is 16.5 Å². The van der Waals surface area contributed by atoms with Crippen LogP contribution in [0.2, 0.25) is 0 Å². The Morgan fingerprint density at radius 3 is 2.45 bits per heavy atom. The topological polar surface area (TPSA) is 77.0 Å². The number of aryl methyl sites for hydroxylation is 1. The maximum atomic E-state index is 5.99. The Kier molecular flexibility index (Phi) is 3.46. The molecule has 1 aliphatic rings. The minimum absolute atomic E-state index is 0.0245. The Morgan fingerprint density at radius 2 is 1.86 bits per heavy atom. The summed E-state index contributed by atoms with van der Waals surface area (Å²) in [6, 6.07) is 8.63. The van der Waals surface area contributed by atoms with Crippen LogP contribution >= 0.6 is 0 Å². The summed E-state index contributed by atoms with van der Waals surface area (Å²) in [6.07, 6.45) is 0.463. The second-order valence-electron chi connectivity index (χ2n) is 6.95. The number of aromatic nitrogens is 1. The lowest BCUT2D eigenvalue weighted by Crippen LogP contribution is -2.26. The number of rotatable bonds is 2. The molecule has 0 fully saturated rings. The molecule has 22 heavy (non-hydrogen) atoms. The van der Waals surface area contributed by atoms with Gasteiger partial charge in [0.1, 0.15) is 5.82 Å². The number of pyridine rings is 1. The highest BCUT2D eigenvalue weighted by Crippen LogP contribution is 2.43. The number of fused-ring (bicyclic) bond motifs is 4. The van der Waals surface area contributed by atoms with E-state index in [0.29, 0.717) is 0 Å². The molecule has 0 saturated heterocycles. The van der Waals surface area contributed by atoms with Crippen molar-refractivity contribution in [2.24, 2.45) is 11.5 Å². The second kappa shape index (κ2) is 5.07. The van der Waals surface area contributed by atoms with Crippen LogP contribution in [0.25, 0.3) is 11.1 Å². The monoisotopic (exact) mass is 296 g/mol. The fourth-order valence-electron chi connectivity index (χ4n) is 2.87. The third-order valence-electron chi connectivity index (χ3n) is 4.20. The van der Waals surface area contributed by atoms with E-state index in [0.717, 1.165) is 40.3 Å². The van der Waals surface area contributed by atoms with Crippen molar-refractivity contribution in [3.8, 4) is 11.1 Å². The van der Waals surface area contributed by atoms with Gasteiger partial charge < -0.3 is 16.8 Å². The highest BCUT2D eigenvalue weighted by atomic mass is 15.0. The first-order valence-electron chi connectivity index (χ1n) is 7.78. The van der Waals surface area contributed by atoms with Crippen LogP contribution in [0.5, 0.6) is 0 Å². The minimum atomic E-state index is -0.543. The van der Waals surface area contributed by atoms with Crippen molar-refractivity contribution in [1.82, 2.24) is 4.98 Å². The van der Waals surface area contributed by atoms with Crippen molar-refractivity contribution in [2.75, 3.05) is 5.32 Å². The maximum absolute atomic E-state index is 5.99. The highest BCUT2D eigenvalue weighted by molar-refractivity contribution is 5.90. The average molecular weight is 296 g/mol. The van der Waals surface area contributed by atoms with Gasteiger partial charge in [0.2, 0.25) is 0 Å². The van der Waals surface area contributed by atoms with Crippen LogP contribution in [0.4, 0.5) is 11.5 Å². The van der Waals surface area contributed by atoms with Gasteiger partial charge in [-0.2, -0.15) is 0 Å². The van der Waals surface area contributed by atoms with Crippen molar-refractivity contribution < 1.29 is 0 Å². The zero-order valence-electron chi connectivity index (χ0n) is 13.7. The molecule has 0 spiro atoms. The Balaban J connectivity index is 2.26. The quantitative estimate of drug-likeness (QED) is 0.632. The summed E-state index contributed by atoms with van der Waals surface area (Å²) in [5, 5.41) is 3.43. The molecule has 2 aromatic rings. The number of hydrogen-bond donors (Lipinski definition) is 3. The molecule has 4 nitrogen and oxygen atoms in total. The first kappa shape index (κ1) is 15.0. The summed E-state index contributed by atoms with van der Waals surface area (Å²) in [5.74, 6) is 0.790. The van der Waals surface area contributed by atoms with E-state index in [-0.39, 0.29) is 5.41 Å². The molecule has 3 rings (SSSR count). The van der Waals surface area contributed by atoms with Crippen LogP contribution in [0.15, 0.2) is 24.3 Å². The molecule has 2 heterocycles. The van der Waals surface area contributed by atoms with Crippen molar-refractivity contribution in [3.63, 3.8) is 0 Å². The van der Waals surface area contributed by atoms with Gasteiger partial charge in [-0.1, -0.05) is 39.8 Å². The standard InChI is InChI=1S/C18H24N4/c1-5-10-6-7-11-12-9-14(18(2,3)4)22-17(15(12)16(19)20)21-13(11)8-10/h6-9,16H,5,19-20H2,1-4H3,(H,21,22). The SMILES string of the molecule is CCc1ccc2c(c1)Nc1nc(C(C)(C)C)cc-2c1C(N)N. The molecular weight excluding hydrogens is 272 g/mol. The Hall–Kier alpha value is -1.91. The number of nitrogens with two attached hydrogens (primary N) is 2. The molecule has 116 valence electrons. The van der Waals surface area contributed by atoms with E-state index in [1.807, 2.05) is 0 Å². The predicted molar refractivity (Wildman–Crippen MR) is 92.1 cm³/mol. The van der Waals surface area contributed by atoms with Gasteiger partial charge in [0.25, 0.3) is 0 Å². The molecule has 0 radical (unpaired) electrons. The number of nitrogens with zero attached hydrogens (tertiary/aromatic N) is 1. The van der Waals surface area contributed by atoms with Gasteiger partial charge in [0, 0.05) is 27.9 Å². The molecule has 1 aromatic heterocycles. The summed E-state index contributed by atoms with van der Waals surface area (Å²) < 4.78 is 0. The van der Waals surface area contributed by atoms with E-state index in [1.165, 1.54) is 5.56 Å². The molecule has 0 saturated carbocycles.